The van der Waals surface area contributed by atoms with Gasteiger partial charge in [0.15, 0.2) is 11.5 Å². The number of aromatic nitrogens is 1. The standard InChI is InChI=1S/C19H17NO3S/c1-4-11-5-6-13-15-10-24-20-18(15)14-8-12(21-2)9-17(22-3)19(14)23-16(13)7-11/h5-10H,4H2,1-3H3. The summed E-state index contributed by atoms with van der Waals surface area (Å²) in [6.45, 7) is 2.13. The van der Waals surface area contributed by atoms with Crippen molar-refractivity contribution in [2.75, 3.05) is 14.2 Å². The molecule has 2 heterocycles. The normalized spacial score (nSPS) is 11.6. The van der Waals surface area contributed by atoms with Crippen LogP contribution in [0.4, 0.5) is 0 Å². The summed E-state index contributed by atoms with van der Waals surface area (Å²) < 4.78 is 21.8. The molecule has 5 heteroatoms. The van der Waals surface area contributed by atoms with Gasteiger partial charge in [-0.2, -0.15) is 4.37 Å². The minimum absolute atomic E-state index is 0.637. The SMILES string of the molecule is CCc1ccc2c(c1)Oc1c(OC)cc(OC)cc1-c1nscc1-2. The van der Waals surface area contributed by atoms with Crippen molar-refractivity contribution in [1.29, 1.82) is 0 Å². The average Bonchev–Trinajstić information content (AvgIpc) is 3.06. The first-order chi connectivity index (χ1) is 11.7. The highest BCUT2D eigenvalue weighted by molar-refractivity contribution is 7.04. The summed E-state index contributed by atoms with van der Waals surface area (Å²) in [6, 6.07) is 10.1. The van der Waals surface area contributed by atoms with Crippen molar-refractivity contribution in [2.45, 2.75) is 13.3 Å². The molecule has 0 amide bonds. The van der Waals surface area contributed by atoms with Gasteiger partial charge in [0.2, 0.25) is 0 Å². The Labute approximate surface area is 144 Å². The molecule has 0 saturated heterocycles. The lowest BCUT2D eigenvalue weighted by atomic mass is 10.00. The van der Waals surface area contributed by atoms with Gasteiger partial charge in [0.05, 0.1) is 25.5 Å². The highest BCUT2D eigenvalue weighted by atomic mass is 32.1. The molecule has 4 nitrogen and oxygen atoms in total. The molecule has 24 heavy (non-hydrogen) atoms. The van der Waals surface area contributed by atoms with Crippen molar-refractivity contribution in [1.82, 2.24) is 4.37 Å². The number of fused-ring (bicyclic) bond motifs is 5. The molecule has 2 aromatic carbocycles. The topological polar surface area (TPSA) is 40.6 Å². The van der Waals surface area contributed by atoms with Gasteiger partial charge in [-0.25, -0.2) is 0 Å². The van der Waals surface area contributed by atoms with Crippen LogP contribution in [0.5, 0.6) is 23.0 Å². The van der Waals surface area contributed by atoms with Crippen molar-refractivity contribution in [3.8, 4) is 45.4 Å². The number of benzene rings is 2. The third-order valence-corrected chi connectivity index (χ3v) is 4.89. The van der Waals surface area contributed by atoms with Crippen LogP contribution in [0.3, 0.4) is 0 Å². The zero-order valence-electron chi connectivity index (χ0n) is 13.8. The third kappa shape index (κ3) is 2.24. The van der Waals surface area contributed by atoms with Gasteiger partial charge < -0.3 is 14.2 Å². The predicted octanol–water partition coefficient (Wildman–Crippen LogP) is 5.16. The summed E-state index contributed by atoms with van der Waals surface area (Å²) in [7, 11) is 3.28. The molecule has 0 fully saturated rings. The van der Waals surface area contributed by atoms with Crippen molar-refractivity contribution in [3.63, 3.8) is 0 Å². The quantitative estimate of drug-likeness (QED) is 0.517. The fraction of sp³-hybridized carbons (Fsp3) is 0.211. The van der Waals surface area contributed by atoms with Crippen LogP contribution in [-0.2, 0) is 6.42 Å². The van der Waals surface area contributed by atoms with Gasteiger partial charge in [-0.1, -0.05) is 19.1 Å². The second-order valence-electron chi connectivity index (χ2n) is 5.57. The van der Waals surface area contributed by atoms with Crippen LogP contribution in [0.15, 0.2) is 35.7 Å². The highest BCUT2D eigenvalue weighted by Gasteiger charge is 2.26. The highest BCUT2D eigenvalue weighted by Crippen LogP contribution is 2.51. The van der Waals surface area contributed by atoms with E-state index in [0.29, 0.717) is 17.2 Å². The lowest BCUT2D eigenvalue weighted by Crippen LogP contribution is -1.95. The molecule has 0 bridgehead atoms. The van der Waals surface area contributed by atoms with Gasteiger partial charge in [-0.15, -0.1) is 0 Å². The molecular weight excluding hydrogens is 322 g/mol. The Balaban J connectivity index is 2.03. The molecule has 1 aliphatic heterocycles. The van der Waals surface area contributed by atoms with Crippen LogP contribution < -0.4 is 14.2 Å². The van der Waals surface area contributed by atoms with Gasteiger partial charge in [-0.05, 0) is 35.6 Å². The van der Waals surface area contributed by atoms with Crippen LogP contribution in [0, 0.1) is 0 Å². The smallest absolute Gasteiger partial charge is 0.179 e. The fourth-order valence-electron chi connectivity index (χ4n) is 2.95. The lowest BCUT2D eigenvalue weighted by Gasteiger charge is -2.15. The molecule has 122 valence electrons. The maximum absolute atomic E-state index is 6.29. The summed E-state index contributed by atoms with van der Waals surface area (Å²) in [5, 5.41) is 2.06. The van der Waals surface area contributed by atoms with E-state index in [1.165, 1.54) is 17.1 Å². The van der Waals surface area contributed by atoms with Crippen LogP contribution >= 0.6 is 11.5 Å². The molecule has 4 rings (SSSR count). The monoisotopic (exact) mass is 339 g/mol. The van der Waals surface area contributed by atoms with E-state index in [9.17, 15) is 0 Å². The molecule has 0 spiro atoms. The largest absolute Gasteiger partial charge is 0.497 e. The van der Waals surface area contributed by atoms with Crippen LogP contribution in [0.25, 0.3) is 22.4 Å². The second kappa shape index (κ2) is 5.83. The van der Waals surface area contributed by atoms with Crippen molar-refractivity contribution < 1.29 is 14.2 Å². The average molecular weight is 339 g/mol. The maximum atomic E-state index is 6.29. The zero-order valence-corrected chi connectivity index (χ0v) is 14.6. The molecule has 1 aliphatic rings. The van der Waals surface area contributed by atoms with E-state index >= 15 is 0 Å². The number of methoxy groups -OCH3 is 2. The van der Waals surface area contributed by atoms with Gasteiger partial charge >= 0.3 is 0 Å². The summed E-state index contributed by atoms with van der Waals surface area (Å²) in [5.41, 5.74) is 5.14. The number of hydrogen-bond acceptors (Lipinski definition) is 5. The summed E-state index contributed by atoms with van der Waals surface area (Å²) in [5.74, 6) is 2.86. The first kappa shape index (κ1) is 15.0. The van der Waals surface area contributed by atoms with E-state index in [1.807, 2.05) is 12.1 Å². The Bertz CT molecular complexity index is 917. The summed E-state index contributed by atoms with van der Waals surface area (Å²) in [6.07, 6.45) is 0.956. The van der Waals surface area contributed by atoms with Crippen molar-refractivity contribution in [3.05, 3.63) is 41.3 Å². The van der Waals surface area contributed by atoms with Crippen LogP contribution in [0.1, 0.15) is 12.5 Å². The van der Waals surface area contributed by atoms with Gasteiger partial charge in [0.25, 0.3) is 0 Å². The van der Waals surface area contributed by atoms with Gasteiger partial charge in [0.1, 0.15) is 11.5 Å². The molecule has 0 atom stereocenters. The minimum atomic E-state index is 0.637. The maximum Gasteiger partial charge on any atom is 0.179 e. The fourth-order valence-corrected chi connectivity index (χ4v) is 3.65. The van der Waals surface area contributed by atoms with Gasteiger partial charge in [-0.3, -0.25) is 0 Å². The Morgan fingerprint density at radius 1 is 1.04 bits per heavy atom. The van der Waals surface area contributed by atoms with Crippen molar-refractivity contribution >= 4 is 11.5 Å². The van der Waals surface area contributed by atoms with E-state index in [4.69, 9.17) is 14.2 Å². The van der Waals surface area contributed by atoms with E-state index < -0.39 is 0 Å². The Morgan fingerprint density at radius 3 is 2.67 bits per heavy atom. The Morgan fingerprint density at radius 2 is 1.92 bits per heavy atom. The molecule has 0 N–H and O–H groups in total. The predicted molar refractivity (Wildman–Crippen MR) is 95.5 cm³/mol. The molecule has 1 aromatic heterocycles. The molecule has 0 saturated carbocycles. The van der Waals surface area contributed by atoms with Crippen molar-refractivity contribution in [2.24, 2.45) is 0 Å². The molecule has 0 aliphatic carbocycles. The van der Waals surface area contributed by atoms with E-state index in [0.717, 1.165) is 34.6 Å². The van der Waals surface area contributed by atoms with E-state index in [-0.39, 0.29) is 0 Å². The first-order valence-corrected chi connectivity index (χ1v) is 8.60. The molecular formula is C19H17NO3S. The number of ether oxygens (including phenoxy) is 3. The Hall–Kier alpha value is -2.53. The third-order valence-electron chi connectivity index (χ3n) is 4.27. The number of hydrogen-bond donors (Lipinski definition) is 0. The molecule has 3 aromatic rings. The number of nitrogens with zero attached hydrogens (tertiary/aromatic N) is 1. The zero-order chi connectivity index (χ0) is 16.7. The molecule has 0 radical (unpaired) electrons. The first-order valence-electron chi connectivity index (χ1n) is 7.77. The minimum Gasteiger partial charge on any atom is -0.497 e. The number of aryl methyl sites for hydroxylation is 1. The second-order valence-corrected chi connectivity index (χ2v) is 6.20. The number of rotatable bonds is 3. The Kier molecular flexibility index (Phi) is 3.65. The van der Waals surface area contributed by atoms with Crippen LogP contribution in [0.2, 0.25) is 0 Å². The summed E-state index contributed by atoms with van der Waals surface area (Å²) in [4.78, 5) is 0. The van der Waals surface area contributed by atoms with E-state index in [2.05, 4.69) is 34.9 Å². The van der Waals surface area contributed by atoms with E-state index in [1.54, 1.807) is 14.2 Å². The van der Waals surface area contributed by atoms with Crippen LogP contribution in [-0.4, -0.2) is 18.6 Å². The van der Waals surface area contributed by atoms with Gasteiger partial charge in [0, 0.05) is 22.6 Å². The summed E-state index contributed by atoms with van der Waals surface area (Å²) >= 11 is 1.44. The molecule has 0 unspecified atom stereocenters. The lowest BCUT2D eigenvalue weighted by molar-refractivity contribution is 0.370.